The van der Waals surface area contributed by atoms with Gasteiger partial charge in [0.15, 0.2) is 0 Å². The molecule has 9 nitrogen and oxygen atoms in total. The predicted molar refractivity (Wildman–Crippen MR) is 133 cm³/mol. The number of morpholine rings is 1. The molecule has 2 amide bonds. The maximum absolute atomic E-state index is 13.1. The summed E-state index contributed by atoms with van der Waals surface area (Å²) in [4.78, 5) is 35.5. The van der Waals surface area contributed by atoms with Crippen LogP contribution in [0.4, 0.5) is 11.5 Å². The van der Waals surface area contributed by atoms with Gasteiger partial charge in [-0.05, 0) is 49.8 Å². The third-order valence-corrected chi connectivity index (χ3v) is 7.09. The molecule has 0 spiro atoms. The summed E-state index contributed by atoms with van der Waals surface area (Å²) in [6.07, 6.45) is 6.83. The van der Waals surface area contributed by atoms with Gasteiger partial charge in [0.2, 0.25) is 11.7 Å². The van der Waals surface area contributed by atoms with Crippen molar-refractivity contribution in [1.29, 1.82) is 0 Å². The standard InChI is InChI=1S/C24H25Cl2N5O4/c25-15-3-6-18(28-12-15)30-24(33)22-21(20-17(35-22)7-8-27-23(20)26)29-11-14-1-4-16(5-2-14)31-9-10-34-13-19(31)32/h3,6-8,12,14,16,29H,1-2,4-5,9-11,13H2,(H,28,30,33). The van der Waals surface area contributed by atoms with E-state index in [0.29, 0.717) is 53.1 Å². The van der Waals surface area contributed by atoms with Gasteiger partial charge in [0.05, 0.1) is 22.7 Å². The van der Waals surface area contributed by atoms with Crippen molar-refractivity contribution in [1.82, 2.24) is 14.9 Å². The Bertz CT molecular complexity index is 1220. The minimum absolute atomic E-state index is 0.0793. The fourth-order valence-corrected chi connectivity index (χ4v) is 5.14. The molecule has 2 fully saturated rings. The Balaban J connectivity index is 1.29. The largest absolute Gasteiger partial charge is 0.448 e. The fourth-order valence-electron chi connectivity index (χ4n) is 4.78. The molecule has 3 aromatic rings. The van der Waals surface area contributed by atoms with Crippen LogP contribution >= 0.6 is 23.2 Å². The number of fused-ring (bicyclic) bond motifs is 1. The number of anilines is 2. The molecule has 1 saturated heterocycles. The van der Waals surface area contributed by atoms with Crippen LogP contribution in [0.3, 0.4) is 0 Å². The molecule has 0 aromatic carbocycles. The van der Waals surface area contributed by atoms with Gasteiger partial charge in [-0.2, -0.15) is 0 Å². The molecular weight excluding hydrogens is 493 g/mol. The molecule has 1 saturated carbocycles. The molecule has 2 aliphatic rings. The third-order valence-electron chi connectivity index (χ3n) is 6.58. The number of carbonyl (C=O) groups excluding carboxylic acids is 2. The van der Waals surface area contributed by atoms with Crippen LogP contribution < -0.4 is 10.6 Å². The van der Waals surface area contributed by atoms with Crippen LogP contribution in [0.5, 0.6) is 0 Å². The first kappa shape index (κ1) is 23.8. The molecule has 1 aliphatic heterocycles. The van der Waals surface area contributed by atoms with E-state index in [1.165, 1.54) is 12.4 Å². The average Bonchev–Trinajstić information content (AvgIpc) is 3.25. The van der Waals surface area contributed by atoms with E-state index < -0.39 is 5.91 Å². The van der Waals surface area contributed by atoms with Crippen LogP contribution in [0, 0.1) is 5.92 Å². The molecule has 11 heteroatoms. The molecule has 2 N–H and O–H groups in total. The number of pyridine rings is 2. The number of nitrogens with zero attached hydrogens (tertiary/aromatic N) is 3. The van der Waals surface area contributed by atoms with Gasteiger partial charge in [-0.25, -0.2) is 9.97 Å². The maximum Gasteiger partial charge on any atom is 0.294 e. The Morgan fingerprint density at radius 3 is 2.71 bits per heavy atom. The summed E-state index contributed by atoms with van der Waals surface area (Å²) in [6.45, 7) is 2.09. The van der Waals surface area contributed by atoms with E-state index in [0.717, 1.165) is 25.7 Å². The van der Waals surface area contributed by atoms with E-state index in [-0.39, 0.29) is 29.5 Å². The second-order valence-electron chi connectivity index (χ2n) is 8.79. The summed E-state index contributed by atoms with van der Waals surface area (Å²) in [5.41, 5.74) is 0.978. The highest BCUT2D eigenvalue weighted by atomic mass is 35.5. The van der Waals surface area contributed by atoms with E-state index in [2.05, 4.69) is 20.6 Å². The lowest BCUT2D eigenvalue weighted by molar-refractivity contribution is -0.146. The van der Waals surface area contributed by atoms with Crippen molar-refractivity contribution in [3.8, 4) is 0 Å². The van der Waals surface area contributed by atoms with Crippen molar-refractivity contribution in [2.45, 2.75) is 31.7 Å². The first-order valence-electron chi connectivity index (χ1n) is 11.6. The van der Waals surface area contributed by atoms with Crippen LogP contribution in [0.25, 0.3) is 11.0 Å². The van der Waals surface area contributed by atoms with Crippen molar-refractivity contribution >= 4 is 57.5 Å². The van der Waals surface area contributed by atoms with Gasteiger partial charge in [-0.1, -0.05) is 23.2 Å². The van der Waals surface area contributed by atoms with Crippen molar-refractivity contribution < 1.29 is 18.7 Å². The maximum atomic E-state index is 13.1. The molecule has 1 aliphatic carbocycles. The summed E-state index contributed by atoms with van der Waals surface area (Å²) in [5.74, 6) is 0.474. The van der Waals surface area contributed by atoms with Crippen molar-refractivity contribution in [3.63, 3.8) is 0 Å². The number of furan rings is 1. The minimum Gasteiger partial charge on any atom is -0.448 e. The van der Waals surface area contributed by atoms with Gasteiger partial charge < -0.3 is 24.7 Å². The van der Waals surface area contributed by atoms with E-state index in [4.69, 9.17) is 32.4 Å². The van der Waals surface area contributed by atoms with Gasteiger partial charge in [0, 0.05) is 31.5 Å². The normalized spacial score (nSPS) is 20.7. The SMILES string of the molecule is O=C(Nc1ccc(Cl)cn1)c1oc2ccnc(Cl)c2c1NCC1CCC(N2CCOCC2=O)CC1. The molecule has 5 rings (SSSR count). The van der Waals surface area contributed by atoms with Crippen molar-refractivity contribution in [2.24, 2.45) is 5.92 Å². The number of nitrogens with one attached hydrogen (secondary N) is 2. The van der Waals surface area contributed by atoms with Gasteiger partial charge in [-0.15, -0.1) is 0 Å². The van der Waals surface area contributed by atoms with Crippen LogP contribution in [-0.2, 0) is 9.53 Å². The summed E-state index contributed by atoms with van der Waals surface area (Å²) in [7, 11) is 0. The quantitative estimate of drug-likeness (QED) is 0.459. The molecule has 0 bridgehead atoms. The topological polar surface area (TPSA) is 110 Å². The van der Waals surface area contributed by atoms with Gasteiger partial charge in [0.1, 0.15) is 23.2 Å². The number of ether oxygens (including phenoxy) is 1. The Kier molecular flexibility index (Phi) is 7.08. The molecule has 4 heterocycles. The second-order valence-corrected chi connectivity index (χ2v) is 9.59. The lowest BCUT2D eigenvalue weighted by Gasteiger charge is -2.38. The molecular formula is C24H25Cl2N5O4. The molecule has 0 unspecified atom stereocenters. The van der Waals surface area contributed by atoms with Crippen molar-refractivity contribution in [2.75, 3.05) is 36.9 Å². The van der Waals surface area contributed by atoms with Gasteiger partial charge in [0.25, 0.3) is 5.91 Å². The number of aromatic nitrogens is 2. The Labute approximate surface area is 212 Å². The summed E-state index contributed by atoms with van der Waals surface area (Å²) >= 11 is 12.3. The van der Waals surface area contributed by atoms with E-state index in [1.54, 1.807) is 18.2 Å². The highest BCUT2D eigenvalue weighted by molar-refractivity contribution is 6.35. The monoisotopic (exact) mass is 517 g/mol. The van der Waals surface area contributed by atoms with Gasteiger partial charge >= 0.3 is 0 Å². The van der Waals surface area contributed by atoms with Crippen LogP contribution in [0.15, 0.2) is 35.0 Å². The first-order chi connectivity index (χ1) is 17.0. The molecule has 184 valence electrons. The van der Waals surface area contributed by atoms with Crippen molar-refractivity contribution in [3.05, 3.63) is 46.5 Å². The highest BCUT2D eigenvalue weighted by Crippen LogP contribution is 2.36. The lowest BCUT2D eigenvalue weighted by Crippen LogP contribution is -2.49. The Morgan fingerprint density at radius 1 is 1.14 bits per heavy atom. The predicted octanol–water partition coefficient (Wildman–Crippen LogP) is 4.61. The van der Waals surface area contributed by atoms with Crippen LogP contribution in [-0.4, -0.2) is 59.0 Å². The highest BCUT2D eigenvalue weighted by Gasteiger charge is 2.31. The smallest absolute Gasteiger partial charge is 0.294 e. The average molecular weight is 518 g/mol. The number of halogens is 2. The molecule has 0 radical (unpaired) electrons. The molecule has 35 heavy (non-hydrogen) atoms. The minimum atomic E-state index is -0.455. The van der Waals surface area contributed by atoms with Gasteiger partial charge in [-0.3, -0.25) is 9.59 Å². The van der Waals surface area contributed by atoms with E-state index >= 15 is 0 Å². The zero-order valence-corrected chi connectivity index (χ0v) is 20.4. The zero-order chi connectivity index (χ0) is 24.4. The van der Waals surface area contributed by atoms with Crippen LogP contribution in [0.2, 0.25) is 10.2 Å². The molecule has 3 aromatic heterocycles. The number of hydrogen-bond acceptors (Lipinski definition) is 7. The number of rotatable bonds is 6. The third kappa shape index (κ3) is 5.22. The van der Waals surface area contributed by atoms with E-state index in [9.17, 15) is 9.59 Å². The Morgan fingerprint density at radius 2 is 1.97 bits per heavy atom. The first-order valence-corrected chi connectivity index (χ1v) is 12.4. The Hall–Kier alpha value is -2.88. The number of hydrogen-bond donors (Lipinski definition) is 2. The fraction of sp³-hybridized carbons (Fsp3) is 0.417. The lowest BCUT2D eigenvalue weighted by atomic mass is 9.85. The summed E-state index contributed by atoms with van der Waals surface area (Å²) < 4.78 is 11.1. The van der Waals surface area contributed by atoms with Crippen LogP contribution in [0.1, 0.15) is 36.2 Å². The molecule has 0 atom stereocenters. The van der Waals surface area contributed by atoms with E-state index in [1.807, 2.05) is 4.90 Å². The summed E-state index contributed by atoms with van der Waals surface area (Å²) in [6, 6.07) is 5.20. The second kappa shape index (κ2) is 10.4. The number of amides is 2. The zero-order valence-electron chi connectivity index (χ0n) is 18.9. The summed E-state index contributed by atoms with van der Waals surface area (Å²) in [5, 5.41) is 7.44. The number of carbonyl (C=O) groups is 2.